The van der Waals surface area contributed by atoms with Crippen molar-refractivity contribution in [2.75, 3.05) is 6.54 Å². The monoisotopic (exact) mass is 195 g/mol. The van der Waals surface area contributed by atoms with Crippen LogP contribution < -0.4 is 5.32 Å². The molecule has 3 heteroatoms. The van der Waals surface area contributed by atoms with Crippen molar-refractivity contribution in [3.05, 3.63) is 24.2 Å². The van der Waals surface area contributed by atoms with Gasteiger partial charge in [-0.2, -0.15) is 0 Å². The quantitative estimate of drug-likeness (QED) is 0.748. The maximum Gasteiger partial charge on any atom is 0.106 e. The van der Waals surface area contributed by atoms with Crippen molar-refractivity contribution in [2.45, 2.75) is 37.8 Å². The van der Waals surface area contributed by atoms with Gasteiger partial charge in [-0.05, 0) is 31.9 Å². The zero-order valence-corrected chi connectivity index (χ0v) is 8.49. The molecular weight excluding hydrogens is 178 g/mol. The van der Waals surface area contributed by atoms with Crippen molar-refractivity contribution < 1.29 is 9.52 Å². The average Bonchev–Trinajstić information content (AvgIpc) is 2.63. The van der Waals surface area contributed by atoms with Crippen LogP contribution in [0.3, 0.4) is 0 Å². The summed E-state index contributed by atoms with van der Waals surface area (Å²) in [5, 5.41) is 13.5. The average molecular weight is 195 g/mol. The highest BCUT2D eigenvalue weighted by Gasteiger charge is 2.32. The van der Waals surface area contributed by atoms with E-state index in [2.05, 4.69) is 12.2 Å². The molecule has 0 radical (unpaired) electrons. The van der Waals surface area contributed by atoms with E-state index < -0.39 is 5.60 Å². The molecule has 2 atom stereocenters. The topological polar surface area (TPSA) is 45.4 Å². The highest BCUT2D eigenvalue weighted by atomic mass is 16.3. The van der Waals surface area contributed by atoms with Crippen LogP contribution in [-0.4, -0.2) is 23.3 Å². The summed E-state index contributed by atoms with van der Waals surface area (Å²) < 4.78 is 5.24. The van der Waals surface area contributed by atoms with E-state index in [0.29, 0.717) is 19.0 Å². The molecule has 3 nitrogen and oxygen atoms in total. The summed E-state index contributed by atoms with van der Waals surface area (Å²) in [6.07, 6.45) is 4.14. The molecule has 14 heavy (non-hydrogen) atoms. The second-order valence-electron chi connectivity index (χ2n) is 4.30. The lowest BCUT2D eigenvalue weighted by molar-refractivity contribution is 0.00442. The highest BCUT2D eigenvalue weighted by molar-refractivity contribution is 5.04. The Hall–Kier alpha value is -0.800. The van der Waals surface area contributed by atoms with Gasteiger partial charge in [-0.3, -0.25) is 0 Å². The smallest absolute Gasteiger partial charge is 0.106 e. The number of β-amino-alcohol motifs (C(OH)–C–C–N with tert-alkyl or cyclic N) is 1. The molecule has 0 bridgehead atoms. The molecule has 0 amide bonds. The Balaban J connectivity index is 1.96. The Bertz CT molecular complexity index is 273. The molecule has 2 N–H and O–H groups in total. The summed E-state index contributed by atoms with van der Waals surface area (Å²) in [4.78, 5) is 0. The van der Waals surface area contributed by atoms with Crippen LogP contribution in [0, 0.1) is 0 Å². The third-order valence-corrected chi connectivity index (χ3v) is 2.91. The fourth-order valence-electron chi connectivity index (χ4n) is 1.93. The van der Waals surface area contributed by atoms with Crippen LogP contribution in [-0.2, 0) is 6.42 Å². The summed E-state index contributed by atoms with van der Waals surface area (Å²) in [6.45, 7) is 2.81. The van der Waals surface area contributed by atoms with E-state index in [0.717, 1.165) is 18.6 Å². The Morgan fingerprint density at radius 2 is 2.57 bits per heavy atom. The van der Waals surface area contributed by atoms with Crippen molar-refractivity contribution in [1.82, 2.24) is 5.32 Å². The van der Waals surface area contributed by atoms with Crippen LogP contribution in [0.2, 0.25) is 0 Å². The first-order valence-corrected chi connectivity index (χ1v) is 5.16. The van der Waals surface area contributed by atoms with Crippen molar-refractivity contribution in [2.24, 2.45) is 0 Å². The number of piperidine rings is 1. The van der Waals surface area contributed by atoms with E-state index in [9.17, 15) is 5.11 Å². The van der Waals surface area contributed by atoms with Crippen molar-refractivity contribution >= 4 is 0 Å². The molecule has 1 aliphatic rings. The number of rotatable bonds is 2. The Morgan fingerprint density at radius 3 is 3.14 bits per heavy atom. The lowest BCUT2D eigenvalue weighted by atomic mass is 9.87. The molecule has 1 aromatic rings. The van der Waals surface area contributed by atoms with Gasteiger partial charge in [0.05, 0.1) is 11.9 Å². The first kappa shape index (κ1) is 9.74. The fourth-order valence-corrected chi connectivity index (χ4v) is 1.93. The standard InChI is InChI=1S/C11H17NO2/c1-9-4-5-11(13,8-12-9)7-10-3-2-6-14-10/h2-3,6,9,12-13H,4-5,7-8H2,1H3. The highest BCUT2D eigenvalue weighted by Crippen LogP contribution is 2.23. The van der Waals surface area contributed by atoms with Crippen LogP contribution in [0.25, 0.3) is 0 Å². The van der Waals surface area contributed by atoms with Crippen LogP contribution >= 0.6 is 0 Å². The summed E-state index contributed by atoms with van der Waals surface area (Å²) in [7, 11) is 0. The number of nitrogens with one attached hydrogen (secondary N) is 1. The SMILES string of the molecule is CC1CCC(O)(Cc2ccco2)CN1. The summed E-state index contributed by atoms with van der Waals surface area (Å²) in [5.41, 5.74) is -0.621. The summed E-state index contributed by atoms with van der Waals surface area (Å²) in [5.74, 6) is 0.865. The Labute approximate surface area is 84.1 Å². The van der Waals surface area contributed by atoms with Crippen molar-refractivity contribution in [1.29, 1.82) is 0 Å². The maximum atomic E-state index is 10.2. The second-order valence-corrected chi connectivity index (χ2v) is 4.30. The third-order valence-electron chi connectivity index (χ3n) is 2.91. The molecule has 1 aliphatic heterocycles. The van der Waals surface area contributed by atoms with E-state index >= 15 is 0 Å². The number of aliphatic hydroxyl groups is 1. The van der Waals surface area contributed by atoms with Gasteiger partial charge in [0.1, 0.15) is 5.76 Å². The van der Waals surface area contributed by atoms with Crippen LogP contribution in [0.4, 0.5) is 0 Å². The fraction of sp³-hybridized carbons (Fsp3) is 0.636. The minimum Gasteiger partial charge on any atom is -0.469 e. The van der Waals surface area contributed by atoms with Crippen LogP contribution in [0.5, 0.6) is 0 Å². The molecule has 1 saturated heterocycles. The van der Waals surface area contributed by atoms with Gasteiger partial charge in [-0.25, -0.2) is 0 Å². The lowest BCUT2D eigenvalue weighted by Gasteiger charge is -2.35. The van der Waals surface area contributed by atoms with Gasteiger partial charge in [0.15, 0.2) is 0 Å². The third kappa shape index (κ3) is 2.16. The van der Waals surface area contributed by atoms with Gasteiger partial charge in [0.2, 0.25) is 0 Å². The molecular formula is C11H17NO2. The summed E-state index contributed by atoms with van der Waals surface area (Å²) in [6, 6.07) is 4.29. The predicted octanol–water partition coefficient (Wildman–Crippen LogP) is 1.33. The molecule has 0 aliphatic carbocycles. The normalized spacial score (nSPS) is 33.1. The minimum absolute atomic E-state index is 0.520. The van der Waals surface area contributed by atoms with Crippen molar-refractivity contribution in [3.8, 4) is 0 Å². The predicted molar refractivity (Wildman–Crippen MR) is 54.1 cm³/mol. The Kier molecular flexibility index (Phi) is 2.61. The molecule has 2 rings (SSSR count). The largest absolute Gasteiger partial charge is 0.469 e. The number of hydrogen-bond donors (Lipinski definition) is 2. The van der Waals surface area contributed by atoms with Crippen LogP contribution in [0.15, 0.2) is 22.8 Å². The molecule has 2 heterocycles. The summed E-state index contributed by atoms with van der Waals surface area (Å²) >= 11 is 0. The molecule has 78 valence electrons. The molecule has 0 saturated carbocycles. The van der Waals surface area contributed by atoms with Gasteiger partial charge in [-0.1, -0.05) is 0 Å². The van der Waals surface area contributed by atoms with Gasteiger partial charge in [0.25, 0.3) is 0 Å². The maximum absolute atomic E-state index is 10.2. The van der Waals surface area contributed by atoms with Gasteiger partial charge >= 0.3 is 0 Å². The van der Waals surface area contributed by atoms with E-state index in [1.807, 2.05) is 12.1 Å². The van der Waals surface area contributed by atoms with E-state index in [-0.39, 0.29) is 0 Å². The van der Waals surface area contributed by atoms with E-state index in [1.54, 1.807) is 6.26 Å². The van der Waals surface area contributed by atoms with E-state index in [1.165, 1.54) is 0 Å². The van der Waals surface area contributed by atoms with Crippen LogP contribution in [0.1, 0.15) is 25.5 Å². The molecule has 0 aromatic carbocycles. The zero-order valence-electron chi connectivity index (χ0n) is 8.49. The zero-order chi connectivity index (χ0) is 10.0. The van der Waals surface area contributed by atoms with Gasteiger partial charge in [-0.15, -0.1) is 0 Å². The second kappa shape index (κ2) is 3.75. The van der Waals surface area contributed by atoms with E-state index in [4.69, 9.17) is 4.42 Å². The van der Waals surface area contributed by atoms with Gasteiger partial charge < -0.3 is 14.8 Å². The Morgan fingerprint density at radius 1 is 1.71 bits per heavy atom. The first-order chi connectivity index (χ1) is 6.68. The first-order valence-electron chi connectivity index (χ1n) is 5.16. The minimum atomic E-state index is -0.621. The number of furan rings is 1. The van der Waals surface area contributed by atoms with Gasteiger partial charge in [0, 0.05) is 19.0 Å². The molecule has 0 spiro atoms. The molecule has 1 fully saturated rings. The van der Waals surface area contributed by atoms with Crippen molar-refractivity contribution in [3.63, 3.8) is 0 Å². The molecule has 2 unspecified atom stereocenters. The lowest BCUT2D eigenvalue weighted by Crippen LogP contribution is -2.50. The molecule has 1 aromatic heterocycles. The number of hydrogen-bond acceptors (Lipinski definition) is 3.